The average Bonchev–Trinajstić information content (AvgIpc) is 3.17. The molecule has 2 aromatic carbocycles. The maximum absolute atomic E-state index is 12.8. The second-order valence-electron chi connectivity index (χ2n) is 8.27. The molecule has 2 atom stereocenters. The van der Waals surface area contributed by atoms with Gasteiger partial charge in [0.1, 0.15) is 0 Å². The Hall–Kier alpha value is -2.40. The van der Waals surface area contributed by atoms with E-state index in [4.69, 9.17) is 4.98 Å². The monoisotopic (exact) mass is 407 g/mol. The van der Waals surface area contributed by atoms with Gasteiger partial charge in [0.15, 0.2) is 5.13 Å². The number of anilines is 1. The predicted octanol–water partition coefficient (Wildman–Crippen LogP) is 5.05. The number of benzene rings is 2. The highest BCUT2D eigenvalue weighted by atomic mass is 32.1. The van der Waals surface area contributed by atoms with Crippen LogP contribution in [0.3, 0.4) is 0 Å². The van der Waals surface area contributed by atoms with Crippen molar-refractivity contribution in [2.75, 3.05) is 24.5 Å². The van der Waals surface area contributed by atoms with E-state index in [0.717, 1.165) is 36.6 Å². The van der Waals surface area contributed by atoms with Gasteiger partial charge in [0, 0.05) is 19.6 Å². The SMILES string of the molecule is Cc1cc(C)c2nc(N3CCC[C@@H](C(=O)NC[C@@H](C)c4ccccc4)C3)sc2c1. The maximum atomic E-state index is 12.8. The second kappa shape index (κ2) is 8.54. The summed E-state index contributed by atoms with van der Waals surface area (Å²) in [5.41, 5.74) is 4.86. The number of rotatable bonds is 5. The van der Waals surface area contributed by atoms with E-state index in [1.165, 1.54) is 21.4 Å². The number of aromatic nitrogens is 1. The van der Waals surface area contributed by atoms with Crippen LogP contribution in [0, 0.1) is 19.8 Å². The first-order valence-corrected chi connectivity index (χ1v) is 11.3. The average molecular weight is 408 g/mol. The Morgan fingerprint density at radius 3 is 2.86 bits per heavy atom. The molecule has 5 heteroatoms. The van der Waals surface area contributed by atoms with Crippen LogP contribution in [-0.4, -0.2) is 30.5 Å². The lowest BCUT2D eigenvalue weighted by Gasteiger charge is -2.32. The molecule has 1 N–H and O–H groups in total. The van der Waals surface area contributed by atoms with Crippen molar-refractivity contribution in [1.82, 2.24) is 10.3 Å². The molecule has 0 spiro atoms. The third-order valence-corrected chi connectivity index (χ3v) is 6.90. The van der Waals surface area contributed by atoms with Crippen molar-refractivity contribution in [1.29, 1.82) is 0 Å². The lowest BCUT2D eigenvalue weighted by molar-refractivity contribution is -0.125. The Kier molecular flexibility index (Phi) is 5.86. The summed E-state index contributed by atoms with van der Waals surface area (Å²) >= 11 is 1.74. The van der Waals surface area contributed by atoms with Crippen LogP contribution in [0.4, 0.5) is 5.13 Å². The lowest BCUT2D eigenvalue weighted by atomic mass is 9.96. The van der Waals surface area contributed by atoms with Crippen LogP contribution < -0.4 is 10.2 Å². The number of carbonyl (C=O) groups excluding carboxylic acids is 1. The minimum atomic E-state index is 0.0292. The number of aryl methyl sites for hydroxylation is 2. The number of amides is 1. The van der Waals surface area contributed by atoms with Crippen LogP contribution >= 0.6 is 11.3 Å². The highest BCUT2D eigenvalue weighted by Gasteiger charge is 2.27. The Morgan fingerprint density at radius 1 is 1.28 bits per heavy atom. The summed E-state index contributed by atoms with van der Waals surface area (Å²) in [6, 6.07) is 14.8. The van der Waals surface area contributed by atoms with Gasteiger partial charge in [0.25, 0.3) is 0 Å². The number of nitrogens with zero attached hydrogens (tertiary/aromatic N) is 2. The predicted molar refractivity (Wildman–Crippen MR) is 122 cm³/mol. The van der Waals surface area contributed by atoms with Gasteiger partial charge in [-0.3, -0.25) is 4.79 Å². The molecule has 3 aromatic rings. The third kappa shape index (κ3) is 4.45. The Morgan fingerprint density at radius 2 is 2.07 bits per heavy atom. The van der Waals surface area contributed by atoms with E-state index >= 15 is 0 Å². The lowest BCUT2D eigenvalue weighted by Crippen LogP contribution is -2.43. The molecule has 1 aromatic heterocycles. The Bertz CT molecular complexity index is 998. The Balaban J connectivity index is 1.40. The van der Waals surface area contributed by atoms with Crippen molar-refractivity contribution in [2.45, 2.75) is 39.5 Å². The van der Waals surface area contributed by atoms with Gasteiger partial charge in [0.05, 0.1) is 16.1 Å². The highest BCUT2D eigenvalue weighted by Crippen LogP contribution is 2.33. The summed E-state index contributed by atoms with van der Waals surface area (Å²) in [5, 5.41) is 4.23. The molecule has 0 bridgehead atoms. The van der Waals surface area contributed by atoms with E-state index in [2.05, 4.69) is 55.3 Å². The quantitative estimate of drug-likeness (QED) is 0.644. The van der Waals surface area contributed by atoms with Gasteiger partial charge >= 0.3 is 0 Å². The molecular formula is C24H29N3OS. The summed E-state index contributed by atoms with van der Waals surface area (Å²) in [6.07, 6.45) is 1.98. The fraction of sp³-hybridized carbons (Fsp3) is 0.417. The minimum Gasteiger partial charge on any atom is -0.355 e. The van der Waals surface area contributed by atoms with Crippen LogP contribution in [0.1, 0.15) is 42.4 Å². The van der Waals surface area contributed by atoms with Crippen LogP contribution in [0.5, 0.6) is 0 Å². The molecule has 1 aliphatic rings. The molecule has 1 amide bonds. The van der Waals surface area contributed by atoms with Crippen molar-refractivity contribution < 1.29 is 4.79 Å². The first kappa shape index (κ1) is 19.9. The molecule has 1 saturated heterocycles. The fourth-order valence-electron chi connectivity index (χ4n) is 4.16. The van der Waals surface area contributed by atoms with Crippen molar-refractivity contribution >= 4 is 32.6 Å². The van der Waals surface area contributed by atoms with Crippen molar-refractivity contribution in [3.8, 4) is 0 Å². The number of carbonyl (C=O) groups is 1. The molecule has 4 nitrogen and oxygen atoms in total. The number of thiazole rings is 1. The summed E-state index contributed by atoms with van der Waals surface area (Å²) < 4.78 is 1.24. The van der Waals surface area contributed by atoms with Crippen LogP contribution in [0.15, 0.2) is 42.5 Å². The van der Waals surface area contributed by atoms with Crippen LogP contribution in [0.2, 0.25) is 0 Å². The van der Waals surface area contributed by atoms with Crippen molar-refractivity contribution in [3.63, 3.8) is 0 Å². The largest absolute Gasteiger partial charge is 0.355 e. The van der Waals surface area contributed by atoms with Gasteiger partial charge in [-0.1, -0.05) is 54.7 Å². The summed E-state index contributed by atoms with van der Waals surface area (Å²) in [6.45, 7) is 8.82. The number of piperidine rings is 1. The van der Waals surface area contributed by atoms with E-state index in [1.807, 2.05) is 18.2 Å². The molecular weight excluding hydrogens is 378 g/mol. The third-order valence-electron chi connectivity index (χ3n) is 5.83. The molecule has 0 saturated carbocycles. The summed E-state index contributed by atoms with van der Waals surface area (Å²) in [7, 11) is 0. The molecule has 0 unspecified atom stereocenters. The van der Waals surface area contributed by atoms with Gasteiger partial charge in [-0.2, -0.15) is 0 Å². The fourth-order valence-corrected chi connectivity index (χ4v) is 5.33. The zero-order chi connectivity index (χ0) is 20.4. The van der Waals surface area contributed by atoms with E-state index < -0.39 is 0 Å². The van der Waals surface area contributed by atoms with Crippen LogP contribution in [-0.2, 0) is 4.79 Å². The molecule has 0 aliphatic carbocycles. The normalized spacial score (nSPS) is 18.0. The molecule has 2 heterocycles. The molecule has 152 valence electrons. The number of hydrogen-bond donors (Lipinski definition) is 1. The zero-order valence-electron chi connectivity index (χ0n) is 17.4. The number of nitrogens with one attached hydrogen (secondary N) is 1. The van der Waals surface area contributed by atoms with E-state index in [9.17, 15) is 4.79 Å². The molecule has 1 aliphatic heterocycles. The van der Waals surface area contributed by atoms with Gasteiger partial charge in [-0.25, -0.2) is 4.98 Å². The number of hydrogen-bond acceptors (Lipinski definition) is 4. The van der Waals surface area contributed by atoms with Crippen molar-refractivity contribution in [3.05, 3.63) is 59.2 Å². The second-order valence-corrected chi connectivity index (χ2v) is 9.28. The van der Waals surface area contributed by atoms with E-state index in [-0.39, 0.29) is 11.8 Å². The number of fused-ring (bicyclic) bond motifs is 1. The van der Waals surface area contributed by atoms with Crippen molar-refractivity contribution in [2.24, 2.45) is 5.92 Å². The summed E-state index contributed by atoms with van der Waals surface area (Å²) in [4.78, 5) is 20.0. The molecule has 0 radical (unpaired) electrons. The first-order valence-electron chi connectivity index (χ1n) is 10.5. The molecule has 1 fully saturated rings. The minimum absolute atomic E-state index is 0.0292. The van der Waals surface area contributed by atoms with Gasteiger partial charge in [0.2, 0.25) is 5.91 Å². The van der Waals surface area contributed by atoms with E-state index in [1.54, 1.807) is 11.3 Å². The van der Waals surface area contributed by atoms with Gasteiger partial charge in [-0.15, -0.1) is 0 Å². The standard InChI is InChI=1S/C24H29N3OS/c1-16-12-17(2)22-21(13-16)29-24(26-22)27-11-7-10-20(15-27)23(28)25-14-18(3)19-8-5-4-6-9-19/h4-6,8-9,12-13,18,20H,7,10-11,14-15H2,1-3H3,(H,25,28)/t18-,20-/m1/s1. The molecule has 4 rings (SSSR count). The molecule has 29 heavy (non-hydrogen) atoms. The topological polar surface area (TPSA) is 45.2 Å². The maximum Gasteiger partial charge on any atom is 0.224 e. The van der Waals surface area contributed by atoms with Gasteiger partial charge < -0.3 is 10.2 Å². The van der Waals surface area contributed by atoms with E-state index in [0.29, 0.717) is 12.5 Å². The highest BCUT2D eigenvalue weighted by molar-refractivity contribution is 7.22. The van der Waals surface area contributed by atoms with Crippen LogP contribution in [0.25, 0.3) is 10.2 Å². The zero-order valence-corrected chi connectivity index (χ0v) is 18.3. The first-order chi connectivity index (χ1) is 14.0. The Labute approximate surface area is 177 Å². The van der Waals surface area contributed by atoms with Gasteiger partial charge in [-0.05, 0) is 55.4 Å². The summed E-state index contributed by atoms with van der Waals surface area (Å²) in [5.74, 6) is 0.516. The smallest absolute Gasteiger partial charge is 0.224 e.